The lowest BCUT2D eigenvalue weighted by molar-refractivity contribution is 0.431. The molecule has 0 spiro atoms. The molecule has 0 amide bonds. The standard InChI is InChI=1S/C15H20S/c1-2-7-13-8-6-9-14(13)12-16-15-10-4-3-5-11-15/h2-5,10-11,13-14H,1,6-9,12H2/t13-,14-/m0/s1. The van der Waals surface area contributed by atoms with E-state index in [1.165, 1.54) is 36.3 Å². The van der Waals surface area contributed by atoms with Gasteiger partial charge in [-0.2, -0.15) is 0 Å². The number of rotatable bonds is 5. The summed E-state index contributed by atoms with van der Waals surface area (Å²) in [5.41, 5.74) is 0. The fraction of sp³-hybridized carbons (Fsp3) is 0.467. The van der Waals surface area contributed by atoms with Crippen molar-refractivity contribution in [2.24, 2.45) is 11.8 Å². The summed E-state index contributed by atoms with van der Waals surface area (Å²) in [5.74, 6) is 3.08. The van der Waals surface area contributed by atoms with Gasteiger partial charge >= 0.3 is 0 Å². The van der Waals surface area contributed by atoms with Gasteiger partial charge in [0.15, 0.2) is 0 Å². The van der Waals surface area contributed by atoms with E-state index in [0.717, 1.165) is 11.8 Å². The number of thioether (sulfide) groups is 1. The van der Waals surface area contributed by atoms with E-state index in [0.29, 0.717) is 0 Å². The first-order valence-electron chi connectivity index (χ1n) is 6.19. The van der Waals surface area contributed by atoms with Crippen LogP contribution >= 0.6 is 11.8 Å². The van der Waals surface area contributed by atoms with Crippen molar-refractivity contribution >= 4 is 11.8 Å². The summed E-state index contributed by atoms with van der Waals surface area (Å²) in [6, 6.07) is 10.8. The third kappa shape index (κ3) is 3.15. The van der Waals surface area contributed by atoms with Crippen LogP contribution in [0.25, 0.3) is 0 Å². The Morgan fingerprint density at radius 3 is 2.69 bits per heavy atom. The largest absolute Gasteiger partial charge is 0.126 e. The van der Waals surface area contributed by atoms with E-state index in [-0.39, 0.29) is 0 Å². The maximum Gasteiger partial charge on any atom is 0.00720 e. The molecule has 1 saturated carbocycles. The van der Waals surface area contributed by atoms with Crippen molar-refractivity contribution < 1.29 is 0 Å². The average Bonchev–Trinajstić information content (AvgIpc) is 2.76. The van der Waals surface area contributed by atoms with Crippen molar-refractivity contribution in [2.45, 2.75) is 30.6 Å². The first-order chi connectivity index (χ1) is 7.90. The van der Waals surface area contributed by atoms with Gasteiger partial charge in [-0.3, -0.25) is 0 Å². The molecule has 0 heterocycles. The summed E-state index contributed by atoms with van der Waals surface area (Å²) in [6.07, 6.45) is 7.54. The van der Waals surface area contributed by atoms with E-state index in [4.69, 9.17) is 0 Å². The normalized spacial score (nSPS) is 24.5. The van der Waals surface area contributed by atoms with Crippen LogP contribution in [0.1, 0.15) is 25.7 Å². The molecule has 1 aromatic rings. The zero-order chi connectivity index (χ0) is 11.2. The molecule has 0 aromatic heterocycles. The molecule has 1 fully saturated rings. The van der Waals surface area contributed by atoms with Crippen LogP contribution in [-0.4, -0.2) is 5.75 Å². The molecular formula is C15H20S. The van der Waals surface area contributed by atoms with Crippen molar-refractivity contribution in [1.82, 2.24) is 0 Å². The van der Waals surface area contributed by atoms with E-state index < -0.39 is 0 Å². The summed E-state index contributed by atoms with van der Waals surface area (Å²) < 4.78 is 0. The molecule has 2 rings (SSSR count). The van der Waals surface area contributed by atoms with E-state index in [1.54, 1.807) is 0 Å². The summed E-state index contributed by atoms with van der Waals surface area (Å²) in [4.78, 5) is 1.41. The summed E-state index contributed by atoms with van der Waals surface area (Å²) in [5, 5.41) is 0. The van der Waals surface area contributed by atoms with Crippen LogP contribution < -0.4 is 0 Å². The van der Waals surface area contributed by atoms with Crippen molar-refractivity contribution in [3.05, 3.63) is 43.0 Å². The molecule has 0 bridgehead atoms. The molecule has 1 heteroatoms. The first-order valence-corrected chi connectivity index (χ1v) is 7.17. The third-order valence-electron chi connectivity index (χ3n) is 3.49. The predicted molar refractivity (Wildman–Crippen MR) is 72.8 cm³/mol. The molecule has 0 aliphatic heterocycles. The molecule has 86 valence electrons. The Labute approximate surface area is 103 Å². The lowest BCUT2D eigenvalue weighted by atomic mass is 9.95. The quantitative estimate of drug-likeness (QED) is 0.520. The Bertz CT molecular complexity index is 317. The highest BCUT2D eigenvalue weighted by Gasteiger charge is 2.25. The van der Waals surface area contributed by atoms with Crippen LogP contribution in [0.3, 0.4) is 0 Å². The fourth-order valence-electron chi connectivity index (χ4n) is 2.58. The van der Waals surface area contributed by atoms with E-state index >= 15 is 0 Å². The van der Waals surface area contributed by atoms with Gasteiger partial charge in [0.25, 0.3) is 0 Å². The van der Waals surface area contributed by atoms with Gasteiger partial charge in [0.05, 0.1) is 0 Å². The minimum Gasteiger partial charge on any atom is -0.126 e. The van der Waals surface area contributed by atoms with Crippen molar-refractivity contribution in [3.63, 3.8) is 0 Å². The average molecular weight is 232 g/mol. The minimum absolute atomic E-state index is 0.897. The molecule has 2 atom stereocenters. The summed E-state index contributed by atoms with van der Waals surface area (Å²) in [7, 11) is 0. The fourth-order valence-corrected chi connectivity index (χ4v) is 3.77. The Morgan fingerprint density at radius 2 is 1.94 bits per heavy atom. The van der Waals surface area contributed by atoms with Gasteiger partial charge in [-0.15, -0.1) is 18.3 Å². The molecule has 16 heavy (non-hydrogen) atoms. The molecule has 1 aliphatic carbocycles. The van der Waals surface area contributed by atoms with E-state index in [9.17, 15) is 0 Å². The predicted octanol–water partition coefficient (Wildman–Crippen LogP) is 4.77. The molecule has 0 unspecified atom stereocenters. The maximum atomic E-state index is 3.87. The van der Waals surface area contributed by atoms with E-state index in [2.05, 4.69) is 43.0 Å². The Kier molecular flexibility index (Phi) is 4.53. The van der Waals surface area contributed by atoms with Gasteiger partial charge in [0.2, 0.25) is 0 Å². The topological polar surface area (TPSA) is 0 Å². The molecule has 0 N–H and O–H groups in total. The maximum absolute atomic E-state index is 3.87. The first kappa shape index (κ1) is 11.8. The van der Waals surface area contributed by atoms with Crippen LogP contribution in [0.5, 0.6) is 0 Å². The lowest BCUT2D eigenvalue weighted by Gasteiger charge is -2.17. The highest BCUT2D eigenvalue weighted by Crippen LogP contribution is 2.37. The monoisotopic (exact) mass is 232 g/mol. The minimum atomic E-state index is 0.897. The van der Waals surface area contributed by atoms with Crippen LogP contribution in [0.15, 0.2) is 47.9 Å². The third-order valence-corrected chi connectivity index (χ3v) is 4.69. The van der Waals surface area contributed by atoms with Crippen molar-refractivity contribution in [1.29, 1.82) is 0 Å². The van der Waals surface area contributed by atoms with Gasteiger partial charge in [0, 0.05) is 10.6 Å². The number of benzene rings is 1. The summed E-state index contributed by atoms with van der Waals surface area (Å²) >= 11 is 2.01. The van der Waals surface area contributed by atoms with Gasteiger partial charge in [-0.25, -0.2) is 0 Å². The summed E-state index contributed by atoms with van der Waals surface area (Å²) in [6.45, 7) is 3.87. The SMILES string of the molecule is C=CC[C@H]1CCC[C@H]1CSc1ccccc1. The number of allylic oxidation sites excluding steroid dienone is 1. The number of hydrogen-bond donors (Lipinski definition) is 0. The van der Waals surface area contributed by atoms with Crippen LogP contribution in [0, 0.1) is 11.8 Å². The van der Waals surface area contributed by atoms with Gasteiger partial charge < -0.3 is 0 Å². The smallest absolute Gasteiger partial charge is 0.00720 e. The molecule has 0 radical (unpaired) electrons. The zero-order valence-corrected chi connectivity index (χ0v) is 10.6. The van der Waals surface area contributed by atoms with Crippen LogP contribution in [-0.2, 0) is 0 Å². The molecular weight excluding hydrogens is 212 g/mol. The van der Waals surface area contributed by atoms with E-state index in [1.807, 2.05) is 11.8 Å². The van der Waals surface area contributed by atoms with Gasteiger partial charge in [-0.1, -0.05) is 30.7 Å². The zero-order valence-electron chi connectivity index (χ0n) is 9.77. The Balaban J connectivity index is 1.83. The highest BCUT2D eigenvalue weighted by molar-refractivity contribution is 7.99. The van der Waals surface area contributed by atoms with Crippen molar-refractivity contribution in [2.75, 3.05) is 5.75 Å². The second-order valence-corrected chi connectivity index (χ2v) is 5.69. The number of hydrogen-bond acceptors (Lipinski definition) is 1. The lowest BCUT2D eigenvalue weighted by Crippen LogP contribution is -2.09. The Morgan fingerprint density at radius 1 is 1.19 bits per heavy atom. The van der Waals surface area contributed by atoms with Crippen molar-refractivity contribution in [3.8, 4) is 0 Å². The molecule has 1 aromatic carbocycles. The van der Waals surface area contributed by atoms with Gasteiger partial charge in [0.1, 0.15) is 0 Å². The van der Waals surface area contributed by atoms with Gasteiger partial charge in [-0.05, 0) is 43.2 Å². The molecule has 0 saturated heterocycles. The van der Waals surface area contributed by atoms with Crippen LogP contribution in [0.4, 0.5) is 0 Å². The second-order valence-electron chi connectivity index (χ2n) is 4.60. The van der Waals surface area contributed by atoms with Crippen LogP contribution in [0.2, 0.25) is 0 Å². The Hall–Kier alpha value is -0.690. The second kappa shape index (κ2) is 6.15. The molecule has 1 aliphatic rings. The highest BCUT2D eigenvalue weighted by atomic mass is 32.2. The molecule has 0 nitrogen and oxygen atoms in total.